The Balaban J connectivity index is 3.05. The first-order valence-corrected chi connectivity index (χ1v) is 3.66. The molecule has 0 unspecified atom stereocenters. The van der Waals surface area contributed by atoms with Gasteiger partial charge in [0.25, 0.3) is 0 Å². The third-order valence-corrected chi connectivity index (χ3v) is 2.27. The molecular weight excluding hydrogens is 184 g/mol. The first-order chi connectivity index (χ1) is 3.83. The molecule has 8 heavy (non-hydrogen) atoms. The van der Waals surface area contributed by atoms with Crippen molar-refractivity contribution in [2.24, 2.45) is 0 Å². The molecule has 0 saturated carbocycles. The van der Waals surface area contributed by atoms with Crippen LogP contribution >= 0.6 is 27.3 Å². The maximum Gasteiger partial charge on any atom is 0.0777 e. The van der Waals surface area contributed by atoms with Crippen molar-refractivity contribution in [3.63, 3.8) is 0 Å². The third kappa shape index (κ3) is 1.12. The summed E-state index contributed by atoms with van der Waals surface area (Å²) in [6.07, 6.45) is 5.10. The molecule has 0 saturated heterocycles. The zero-order valence-electron chi connectivity index (χ0n) is 4.02. The highest BCUT2D eigenvalue weighted by Crippen LogP contribution is 2.20. The van der Waals surface area contributed by atoms with Crippen LogP contribution in [-0.2, 0) is 0 Å². The molecule has 0 N–H and O–H groups in total. The van der Waals surface area contributed by atoms with Gasteiger partial charge < -0.3 is 0 Å². The van der Waals surface area contributed by atoms with E-state index in [1.807, 2.05) is 12.1 Å². The first kappa shape index (κ1) is 5.87. The van der Waals surface area contributed by atoms with Crippen LogP contribution in [0.15, 0.2) is 15.9 Å². The minimum Gasteiger partial charge on any atom is -0.120 e. The molecule has 0 aliphatic rings. The highest BCUT2D eigenvalue weighted by Gasteiger charge is 1.89. The molecule has 40 valence electrons. The van der Waals surface area contributed by atoms with Crippen molar-refractivity contribution in [3.05, 3.63) is 20.8 Å². The second-order valence-electron chi connectivity index (χ2n) is 1.25. The molecule has 0 atom stereocenters. The molecule has 0 amide bonds. The van der Waals surface area contributed by atoms with E-state index < -0.39 is 0 Å². The zero-order valence-corrected chi connectivity index (χ0v) is 6.42. The molecule has 0 aromatic carbocycles. The van der Waals surface area contributed by atoms with Gasteiger partial charge >= 0.3 is 0 Å². The van der Waals surface area contributed by atoms with E-state index in [1.54, 1.807) is 11.3 Å². The molecule has 0 radical (unpaired) electrons. The van der Waals surface area contributed by atoms with Crippen LogP contribution in [-0.4, -0.2) is 0 Å². The second kappa shape index (κ2) is 2.34. The number of hydrogen-bond donors (Lipinski definition) is 0. The Morgan fingerprint density at radius 1 is 1.62 bits per heavy atom. The summed E-state index contributed by atoms with van der Waals surface area (Å²) in [5.74, 6) is 2.54. The van der Waals surface area contributed by atoms with Crippen LogP contribution in [0.3, 0.4) is 0 Å². The van der Waals surface area contributed by atoms with E-state index in [2.05, 4.69) is 21.9 Å². The van der Waals surface area contributed by atoms with E-state index in [1.165, 1.54) is 0 Å². The molecular formula is C6H3BrS. The van der Waals surface area contributed by atoms with Crippen LogP contribution in [0, 0.1) is 12.3 Å². The summed E-state index contributed by atoms with van der Waals surface area (Å²) in [4.78, 5) is 0.969. The Labute approximate surface area is 60.7 Å². The van der Waals surface area contributed by atoms with Gasteiger partial charge in [-0.1, -0.05) is 5.92 Å². The molecule has 0 fully saturated rings. The first-order valence-electron chi connectivity index (χ1n) is 2.05. The van der Waals surface area contributed by atoms with E-state index in [0.717, 1.165) is 8.66 Å². The summed E-state index contributed by atoms with van der Waals surface area (Å²) in [6, 6.07) is 3.86. The van der Waals surface area contributed by atoms with Gasteiger partial charge in [-0.3, -0.25) is 0 Å². The SMILES string of the molecule is C#Cc1ccc(Br)s1. The van der Waals surface area contributed by atoms with Crippen LogP contribution in [0.25, 0.3) is 0 Å². The highest BCUT2D eigenvalue weighted by atomic mass is 79.9. The van der Waals surface area contributed by atoms with E-state index in [-0.39, 0.29) is 0 Å². The smallest absolute Gasteiger partial charge is 0.0777 e. The fourth-order valence-corrected chi connectivity index (χ4v) is 1.59. The lowest BCUT2D eigenvalue weighted by atomic mass is 10.5. The van der Waals surface area contributed by atoms with E-state index in [9.17, 15) is 0 Å². The molecule has 0 aliphatic heterocycles. The van der Waals surface area contributed by atoms with E-state index in [4.69, 9.17) is 6.42 Å². The minimum absolute atomic E-state index is 0.969. The van der Waals surface area contributed by atoms with Crippen molar-refractivity contribution in [1.82, 2.24) is 0 Å². The third-order valence-electron chi connectivity index (χ3n) is 0.715. The topological polar surface area (TPSA) is 0 Å². The van der Waals surface area contributed by atoms with Crippen molar-refractivity contribution in [2.75, 3.05) is 0 Å². The van der Waals surface area contributed by atoms with Crippen molar-refractivity contribution >= 4 is 27.3 Å². The van der Waals surface area contributed by atoms with Gasteiger partial charge in [0, 0.05) is 0 Å². The fourth-order valence-electron chi connectivity index (χ4n) is 0.392. The monoisotopic (exact) mass is 186 g/mol. The standard InChI is InChI=1S/C6H3BrS/c1-2-5-3-4-6(7)8-5/h1,3-4H. The van der Waals surface area contributed by atoms with Gasteiger partial charge in [-0.05, 0) is 28.1 Å². The Kier molecular flexibility index (Phi) is 1.72. The van der Waals surface area contributed by atoms with Crippen molar-refractivity contribution in [1.29, 1.82) is 0 Å². The zero-order chi connectivity index (χ0) is 5.98. The largest absolute Gasteiger partial charge is 0.120 e. The van der Waals surface area contributed by atoms with Crippen molar-refractivity contribution in [2.45, 2.75) is 0 Å². The van der Waals surface area contributed by atoms with Crippen molar-refractivity contribution in [3.8, 4) is 12.3 Å². The van der Waals surface area contributed by atoms with Crippen LogP contribution in [0.2, 0.25) is 0 Å². The van der Waals surface area contributed by atoms with Gasteiger partial charge in [0.1, 0.15) is 0 Å². The van der Waals surface area contributed by atoms with Crippen LogP contribution in [0.1, 0.15) is 4.88 Å². The van der Waals surface area contributed by atoms with Gasteiger partial charge in [-0.25, -0.2) is 0 Å². The van der Waals surface area contributed by atoms with Crippen LogP contribution < -0.4 is 0 Å². The molecule has 0 aliphatic carbocycles. The summed E-state index contributed by atoms with van der Waals surface area (Å²) >= 11 is 4.86. The Hall–Kier alpha value is -0.260. The predicted octanol–water partition coefficient (Wildman–Crippen LogP) is 2.49. The maximum absolute atomic E-state index is 5.10. The normalized spacial score (nSPS) is 8.50. The number of terminal acetylenes is 1. The lowest BCUT2D eigenvalue weighted by Gasteiger charge is -1.70. The Morgan fingerprint density at radius 2 is 2.38 bits per heavy atom. The second-order valence-corrected chi connectivity index (χ2v) is 3.71. The highest BCUT2D eigenvalue weighted by molar-refractivity contribution is 9.11. The van der Waals surface area contributed by atoms with E-state index >= 15 is 0 Å². The lowest BCUT2D eigenvalue weighted by Crippen LogP contribution is -1.50. The predicted molar refractivity (Wildman–Crippen MR) is 40.0 cm³/mol. The minimum atomic E-state index is 0.969. The number of hydrogen-bond acceptors (Lipinski definition) is 1. The van der Waals surface area contributed by atoms with Gasteiger partial charge in [0.15, 0.2) is 0 Å². The summed E-state index contributed by atoms with van der Waals surface area (Å²) in [7, 11) is 0. The van der Waals surface area contributed by atoms with Crippen LogP contribution in [0.4, 0.5) is 0 Å². The Morgan fingerprint density at radius 3 is 2.62 bits per heavy atom. The average molecular weight is 187 g/mol. The number of thiophene rings is 1. The molecule has 1 aromatic rings. The van der Waals surface area contributed by atoms with Crippen LogP contribution in [0.5, 0.6) is 0 Å². The lowest BCUT2D eigenvalue weighted by molar-refractivity contribution is 1.92. The summed E-state index contributed by atoms with van der Waals surface area (Å²) < 4.78 is 1.09. The summed E-state index contributed by atoms with van der Waals surface area (Å²) in [5.41, 5.74) is 0. The number of rotatable bonds is 0. The molecule has 1 aromatic heterocycles. The maximum atomic E-state index is 5.10. The average Bonchev–Trinajstić information content (AvgIpc) is 2.14. The van der Waals surface area contributed by atoms with Gasteiger partial charge in [0.05, 0.1) is 8.66 Å². The number of halogens is 1. The molecule has 2 heteroatoms. The summed E-state index contributed by atoms with van der Waals surface area (Å²) in [5, 5.41) is 0. The fraction of sp³-hybridized carbons (Fsp3) is 0. The molecule has 1 heterocycles. The molecule has 0 nitrogen and oxygen atoms in total. The quantitative estimate of drug-likeness (QED) is 0.547. The molecule has 0 bridgehead atoms. The van der Waals surface area contributed by atoms with E-state index in [0.29, 0.717) is 0 Å². The molecule has 0 spiro atoms. The van der Waals surface area contributed by atoms with Gasteiger partial charge in [0.2, 0.25) is 0 Å². The Bertz CT molecular complexity index is 219. The van der Waals surface area contributed by atoms with Crippen molar-refractivity contribution < 1.29 is 0 Å². The van der Waals surface area contributed by atoms with Gasteiger partial charge in [-0.15, -0.1) is 17.8 Å². The summed E-state index contributed by atoms with van der Waals surface area (Å²) in [6.45, 7) is 0. The molecule has 1 rings (SSSR count). The van der Waals surface area contributed by atoms with Gasteiger partial charge in [-0.2, -0.15) is 0 Å².